The van der Waals surface area contributed by atoms with E-state index in [2.05, 4.69) is 6.58 Å². The van der Waals surface area contributed by atoms with Crippen molar-refractivity contribution >= 4 is 27.4 Å². The number of pyridine rings is 1. The van der Waals surface area contributed by atoms with E-state index in [1.54, 1.807) is 6.07 Å². The summed E-state index contributed by atoms with van der Waals surface area (Å²) in [6.07, 6.45) is 0. The number of phenols is 1. The van der Waals surface area contributed by atoms with Crippen molar-refractivity contribution in [2.24, 2.45) is 7.05 Å². The van der Waals surface area contributed by atoms with E-state index in [4.69, 9.17) is 4.74 Å². The normalized spacial score (nSPS) is 15.9. The Hall–Kier alpha value is -2.75. The van der Waals surface area contributed by atoms with E-state index in [0.717, 1.165) is 5.52 Å². The fourth-order valence-corrected chi connectivity index (χ4v) is 3.35. The number of hydrogen-bond acceptors (Lipinski definition) is 3. The molecular formula is C19H17NO3. The lowest BCUT2D eigenvalue weighted by Crippen LogP contribution is -2.23. The summed E-state index contributed by atoms with van der Waals surface area (Å²) < 4.78 is 7.83. The molecule has 0 unspecified atom stereocenters. The third-order valence-electron chi connectivity index (χ3n) is 4.74. The molecule has 1 aliphatic rings. The highest BCUT2D eigenvalue weighted by Crippen LogP contribution is 2.49. The lowest BCUT2D eigenvalue weighted by atomic mass is 9.93. The molecule has 2 aromatic carbocycles. The Labute approximate surface area is 133 Å². The monoisotopic (exact) mass is 307 g/mol. The van der Waals surface area contributed by atoms with Gasteiger partial charge in [0.1, 0.15) is 17.1 Å². The van der Waals surface area contributed by atoms with Crippen LogP contribution in [-0.4, -0.2) is 15.3 Å². The molecule has 2 heterocycles. The largest absolute Gasteiger partial charge is 0.506 e. The van der Waals surface area contributed by atoms with Gasteiger partial charge < -0.3 is 14.4 Å². The summed E-state index contributed by atoms with van der Waals surface area (Å²) in [6.45, 7) is 7.83. The number of aromatic nitrogens is 1. The molecule has 3 aromatic rings. The van der Waals surface area contributed by atoms with Gasteiger partial charge in [0.25, 0.3) is 0 Å². The van der Waals surface area contributed by atoms with E-state index in [-0.39, 0.29) is 11.2 Å². The topological polar surface area (TPSA) is 51.5 Å². The minimum atomic E-state index is -0.599. The zero-order valence-corrected chi connectivity index (χ0v) is 13.3. The smallest absolute Gasteiger partial charge is 0.200 e. The molecule has 1 aliphatic heterocycles. The Bertz CT molecular complexity index is 1070. The van der Waals surface area contributed by atoms with Gasteiger partial charge in [0.15, 0.2) is 0 Å². The van der Waals surface area contributed by atoms with Gasteiger partial charge in [-0.2, -0.15) is 0 Å². The van der Waals surface area contributed by atoms with Crippen molar-refractivity contribution in [2.45, 2.75) is 19.4 Å². The number of para-hydroxylation sites is 1. The third kappa shape index (κ3) is 1.63. The van der Waals surface area contributed by atoms with Gasteiger partial charge in [0, 0.05) is 24.1 Å². The van der Waals surface area contributed by atoms with E-state index >= 15 is 0 Å². The van der Waals surface area contributed by atoms with Crippen LogP contribution in [-0.2, 0) is 7.05 Å². The molecule has 4 rings (SSSR count). The van der Waals surface area contributed by atoms with Crippen molar-refractivity contribution in [3.8, 4) is 11.5 Å². The van der Waals surface area contributed by atoms with Crippen LogP contribution < -0.4 is 10.2 Å². The van der Waals surface area contributed by atoms with Crippen LogP contribution in [0.3, 0.4) is 0 Å². The number of rotatable bonds is 0. The summed E-state index contributed by atoms with van der Waals surface area (Å²) >= 11 is 0. The average Bonchev–Trinajstić information content (AvgIpc) is 2.74. The molecular weight excluding hydrogens is 290 g/mol. The van der Waals surface area contributed by atoms with Gasteiger partial charge in [0.05, 0.1) is 22.0 Å². The van der Waals surface area contributed by atoms with Gasteiger partial charge in [-0.05, 0) is 26.0 Å². The molecule has 0 spiro atoms. The Morgan fingerprint density at radius 2 is 1.91 bits per heavy atom. The molecule has 0 amide bonds. The number of fused-ring (bicyclic) bond motifs is 3. The first-order chi connectivity index (χ1) is 10.8. The van der Waals surface area contributed by atoms with Gasteiger partial charge >= 0.3 is 0 Å². The van der Waals surface area contributed by atoms with Crippen molar-refractivity contribution in [3.63, 3.8) is 0 Å². The van der Waals surface area contributed by atoms with Crippen molar-refractivity contribution < 1.29 is 9.84 Å². The maximum atomic E-state index is 12.9. The van der Waals surface area contributed by atoms with E-state index in [0.29, 0.717) is 33.2 Å². The maximum absolute atomic E-state index is 12.9. The van der Waals surface area contributed by atoms with Crippen LogP contribution in [0.25, 0.3) is 27.4 Å². The van der Waals surface area contributed by atoms with Crippen LogP contribution in [0.5, 0.6) is 11.5 Å². The molecule has 4 heteroatoms. The van der Waals surface area contributed by atoms with Crippen molar-refractivity contribution in [1.82, 2.24) is 4.57 Å². The van der Waals surface area contributed by atoms with Crippen LogP contribution in [0.15, 0.2) is 41.7 Å². The molecule has 23 heavy (non-hydrogen) atoms. The molecule has 0 radical (unpaired) electrons. The van der Waals surface area contributed by atoms with Gasteiger partial charge in [-0.25, -0.2) is 0 Å². The molecule has 0 atom stereocenters. The van der Waals surface area contributed by atoms with Crippen molar-refractivity contribution in [1.29, 1.82) is 0 Å². The number of aromatic hydroxyl groups is 1. The third-order valence-corrected chi connectivity index (χ3v) is 4.74. The summed E-state index contributed by atoms with van der Waals surface area (Å²) in [4.78, 5) is 12.9. The second-order valence-corrected chi connectivity index (χ2v) is 6.49. The van der Waals surface area contributed by atoms with Gasteiger partial charge in [-0.1, -0.05) is 18.7 Å². The highest BCUT2D eigenvalue weighted by Gasteiger charge is 2.37. The van der Waals surface area contributed by atoms with Gasteiger partial charge in [-0.15, -0.1) is 0 Å². The molecule has 0 bridgehead atoms. The molecule has 0 aliphatic carbocycles. The van der Waals surface area contributed by atoms with Crippen LogP contribution in [0.1, 0.15) is 19.4 Å². The second kappa shape index (κ2) is 4.16. The highest BCUT2D eigenvalue weighted by atomic mass is 16.5. The zero-order valence-electron chi connectivity index (χ0n) is 13.3. The molecule has 116 valence electrons. The summed E-state index contributed by atoms with van der Waals surface area (Å²) in [6, 6.07) is 9.20. The lowest BCUT2D eigenvalue weighted by Gasteiger charge is -2.18. The van der Waals surface area contributed by atoms with Crippen LogP contribution in [0.2, 0.25) is 0 Å². The van der Waals surface area contributed by atoms with Crippen LogP contribution in [0.4, 0.5) is 0 Å². The molecule has 4 nitrogen and oxygen atoms in total. The lowest BCUT2D eigenvalue weighted by molar-refractivity contribution is 0.190. The van der Waals surface area contributed by atoms with Gasteiger partial charge in [-0.3, -0.25) is 4.79 Å². The number of benzene rings is 2. The number of aryl methyl sites for hydroxylation is 1. The second-order valence-electron chi connectivity index (χ2n) is 6.49. The number of nitrogens with zero attached hydrogens (tertiary/aromatic N) is 1. The molecule has 0 saturated carbocycles. The summed E-state index contributed by atoms with van der Waals surface area (Å²) in [5.41, 5.74) is 1.91. The minimum absolute atomic E-state index is 0.0422. The van der Waals surface area contributed by atoms with Crippen molar-refractivity contribution in [3.05, 3.63) is 52.7 Å². The molecule has 0 saturated heterocycles. The van der Waals surface area contributed by atoms with Crippen LogP contribution >= 0.6 is 0 Å². The Morgan fingerprint density at radius 3 is 2.65 bits per heavy atom. The first-order valence-electron chi connectivity index (χ1n) is 7.49. The number of ether oxygens (including phenoxy) is 1. The highest BCUT2D eigenvalue weighted by molar-refractivity contribution is 6.01. The predicted octanol–water partition coefficient (Wildman–Crippen LogP) is 3.58. The standard InChI is InChI=1S/C19H17NO3/c1-10-15-14(23-19(10,2)3)9-13-16(18(15)22)17(21)11-7-5-6-8-12(11)20(13)4/h5-9,22H,1H2,2-4H3. The maximum Gasteiger partial charge on any atom is 0.200 e. The first-order valence-corrected chi connectivity index (χ1v) is 7.49. The predicted molar refractivity (Wildman–Crippen MR) is 92.1 cm³/mol. The number of phenolic OH excluding ortho intramolecular Hbond substituents is 1. The van der Waals surface area contributed by atoms with E-state index in [9.17, 15) is 9.90 Å². The average molecular weight is 307 g/mol. The van der Waals surface area contributed by atoms with E-state index < -0.39 is 5.60 Å². The Kier molecular flexibility index (Phi) is 2.51. The van der Waals surface area contributed by atoms with E-state index in [1.807, 2.05) is 49.7 Å². The van der Waals surface area contributed by atoms with Crippen molar-refractivity contribution in [2.75, 3.05) is 0 Å². The first kappa shape index (κ1) is 13.9. The fourth-order valence-electron chi connectivity index (χ4n) is 3.35. The summed E-state index contributed by atoms with van der Waals surface area (Å²) in [7, 11) is 1.88. The molecule has 0 fully saturated rings. The van der Waals surface area contributed by atoms with E-state index in [1.165, 1.54) is 0 Å². The quantitative estimate of drug-likeness (QED) is 0.646. The van der Waals surface area contributed by atoms with Crippen LogP contribution in [0, 0.1) is 0 Å². The summed E-state index contributed by atoms with van der Waals surface area (Å²) in [5, 5.41) is 11.7. The zero-order chi connectivity index (χ0) is 16.5. The Morgan fingerprint density at radius 1 is 1.22 bits per heavy atom. The van der Waals surface area contributed by atoms with Gasteiger partial charge in [0.2, 0.25) is 5.43 Å². The number of hydrogen-bond donors (Lipinski definition) is 1. The Balaban J connectivity index is 2.26. The SMILES string of the molecule is C=C1c2c(cc3c(c2O)c(=O)c2ccccc2n3C)OC1(C)C. The fraction of sp³-hybridized carbons (Fsp3) is 0.211. The summed E-state index contributed by atoms with van der Waals surface area (Å²) in [5.74, 6) is 0.523. The molecule has 1 N–H and O–H groups in total. The molecule has 1 aromatic heterocycles. The minimum Gasteiger partial charge on any atom is -0.506 e.